The Labute approximate surface area is 91.0 Å². The number of rotatable bonds is 4. The predicted octanol–water partition coefficient (Wildman–Crippen LogP) is 0.796. The average Bonchev–Trinajstić information content (AvgIpc) is 2.30. The van der Waals surface area contributed by atoms with Crippen LogP contribution in [0.5, 0.6) is 0 Å². The van der Waals surface area contributed by atoms with E-state index < -0.39 is 0 Å². The molecule has 0 saturated carbocycles. The van der Waals surface area contributed by atoms with Crippen LogP contribution < -0.4 is 10.6 Å². The van der Waals surface area contributed by atoms with E-state index in [4.69, 9.17) is 5.26 Å². The van der Waals surface area contributed by atoms with Crippen molar-refractivity contribution in [2.45, 2.75) is 32.6 Å². The van der Waals surface area contributed by atoms with Gasteiger partial charge in [-0.1, -0.05) is 6.92 Å². The van der Waals surface area contributed by atoms with Crippen molar-refractivity contribution in [3.63, 3.8) is 0 Å². The maximum Gasteiger partial charge on any atom is 0.226 e. The van der Waals surface area contributed by atoms with Crippen molar-refractivity contribution in [1.29, 1.82) is 5.26 Å². The fourth-order valence-corrected chi connectivity index (χ4v) is 2.07. The summed E-state index contributed by atoms with van der Waals surface area (Å²) in [5.41, 5.74) is -0.194. The van der Waals surface area contributed by atoms with Crippen molar-refractivity contribution < 1.29 is 4.79 Å². The fourth-order valence-electron chi connectivity index (χ4n) is 2.07. The second-order valence-electron chi connectivity index (χ2n) is 4.05. The summed E-state index contributed by atoms with van der Waals surface area (Å²) >= 11 is 0. The SMILES string of the molecule is CCC1(C(=O)NCCC#N)CCNCC1. The molecule has 1 rings (SSSR count). The molecule has 2 N–H and O–H groups in total. The highest BCUT2D eigenvalue weighted by Gasteiger charge is 2.37. The van der Waals surface area contributed by atoms with E-state index in [-0.39, 0.29) is 11.3 Å². The molecule has 84 valence electrons. The summed E-state index contributed by atoms with van der Waals surface area (Å²) < 4.78 is 0. The first-order chi connectivity index (χ1) is 7.25. The van der Waals surface area contributed by atoms with Gasteiger partial charge in [-0.3, -0.25) is 4.79 Å². The van der Waals surface area contributed by atoms with E-state index in [1.807, 2.05) is 6.07 Å². The van der Waals surface area contributed by atoms with Gasteiger partial charge in [0, 0.05) is 6.54 Å². The molecule has 0 bridgehead atoms. The number of carbonyl (C=O) groups is 1. The van der Waals surface area contributed by atoms with E-state index in [9.17, 15) is 4.79 Å². The summed E-state index contributed by atoms with van der Waals surface area (Å²) in [6.07, 6.45) is 3.08. The molecular weight excluding hydrogens is 190 g/mol. The summed E-state index contributed by atoms with van der Waals surface area (Å²) in [4.78, 5) is 12.0. The third-order valence-electron chi connectivity index (χ3n) is 3.24. The Morgan fingerprint density at radius 1 is 1.53 bits per heavy atom. The van der Waals surface area contributed by atoms with Gasteiger partial charge in [-0.2, -0.15) is 5.26 Å². The number of amides is 1. The normalized spacial score (nSPS) is 19.2. The highest BCUT2D eigenvalue weighted by Crippen LogP contribution is 2.32. The van der Waals surface area contributed by atoms with Crippen LogP contribution in [0.3, 0.4) is 0 Å². The number of hydrogen-bond acceptors (Lipinski definition) is 3. The number of nitrogens with one attached hydrogen (secondary N) is 2. The minimum atomic E-state index is -0.194. The highest BCUT2D eigenvalue weighted by molar-refractivity contribution is 5.82. The Bertz CT molecular complexity index is 251. The van der Waals surface area contributed by atoms with Crippen LogP contribution in [0.15, 0.2) is 0 Å². The zero-order valence-corrected chi connectivity index (χ0v) is 9.31. The minimum absolute atomic E-state index is 0.127. The van der Waals surface area contributed by atoms with Crippen LogP contribution in [0, 0.1) is 16.7 Å². The molecule has 1 aliphatic rings. The lowest BCUT2D eigenvalue weighted by Crippen LogP contribution is -2.47. The Morgan fingerprint density at radius 3 is 2.73 bits per heavy atom. The maximum absolute atomic E-state index is 12.0. The van der Waals surface area contributed by atoms with Gasteiger partial charge in [0.25, 0.3) is 0 Å². The second-order valence-corrected chi connectivity index (χ2v) is 4.05. The van der Waals surface area contributed by atoms with Crippen LogP contribution in [-0.2, 0) is 4.79 Å². The summed E-state index contributed by atoms with van der Waals surface area (Å²) in [7, 11) is 0. The molecule has 0 aromatic carbocycles. The van der Waals surface area contributed by atoms with Gasteiger partial charge in [-0.15, -0.1) is 0 Å². The molecular formula is C11H19N3O. The number of piperidine rings is 1. The van der Waals surface area contributed by atoms with E-state index in [1.165, 1.54) is 0 Å². The minimum Gasteiger partial charge on any atom is -0.355 e. The zero-order chi connectivity index (χ0) is 11.1. The summed E-state index contributed by atoms with van der Waals surface area (Å²) in [6.45, 7) is 4.37. The molecule has 0 aliphatic carbocycles. The van der Waals surface area contributed by atoms with Crippen molar-refractivity contribution >= 4 is 5.91 Å². The molecule has 15 heavy (non-hydrogen) atoms. The molecule has 4 heteroatoms. The Balaban J connectivity index is 2.49. The van der Waals surface area contributed by atoms with Crippen LogP contribution in [0.1, 0.15) is 32.6 Å². The molecule has 0 unspecified atom stereocenters. The summed E-state index contributed by atoms with van der Waals surface area (Å²) in [5.74, 6) is 0.127. The molecule has 1 aliphatic heterocycles. The van der Waals surface area contributed by atoms with Crippen LogP contribution >= 0.6 is 0 Å². The van der Waals surface area contributed by atoms with Crippen LogP contribution in [0.25, 0.3) is 0 Å². The van der Waals surface area contributed by atoms with Crippen LogP contribution in [0.4, 0.5) is 0 Å². The smallest absolute Gasteiger partial charge is 0.226 e. The van der Waals surface area contributed by atoms with E-state index >= 15 is 0 Å². The number of nitrogens with zero attached hydrogens (tertiary/aromatic N) is 1. The molecule has 0 aromatic heterocycles. The molecule has 0 spiro atoms. The van der Waals surface area contributed by atoms with Gasteiger partial charge in [-0.05, 0) is 32.4 Å². The van der Waals surface area contributed by atoms with Crippen molar-refractivity contribution in [2.24, 2.45) is 5.41 Å². The Hall–Kier alpha value is -1.08. The first-order valence-electron chi connectivity index (χ1n) is 5.61. The lowest BCUT2D eigenvalue weighted by atomic mass is 9.76. The highest BCUT2D eigenvalue weighted by atomic mass is 16.2. The van der Waals surface area contributed by atoms with E-state index in [1.54, 1.807) is 0 Å². The van der Waals surface area contributed by atoms with Crippen molar-refractivity contribution in [2.75, 3.05) is 19.6 Å². The van der Waals surface area contributed by atoms with Crippen molar-refractivity contribution in [3.8, 4) is 6.07 Å². The molecule has 1 saturated heterocycles. The maximum atomic E-state index is 12.0. The van der Waals surface area contributed by atoms with Gasteiger partial charge < -0.3 is 10.6 Å². The molecule has 1 heterocycles. The third-order valence-corrected chi connectivity index (χ3v) is 3.24. The average molecular weight is 209 g/mol. The van der Waals surface area contributed by atoms with Gasteiger partial charge >= 0.3 is 0 Å². The standard InChI is InChI=1S/C11H19N3O/c1-2-11(4-8-13-9-5-11)10(15)14-7-3-6-12/h13H,2-5,7-9H2,1H3,(H,14,15). The van der Waals surface area contributed by atoms with Crippen molar-refractivity contribution in [1.82, 2.24) is 10.6 Å². The van der Waals surface area contributed by atoms with E-state index in [0.29, 0.717) is 13.0 Å². The first kappa shape index (κ1) is 12.0. The number of hydrogen-bond donors (Lipinski definition) is 2. The van der Waals surface area contributed by atoms with Gasteiger partial charge in [0.15, 0.2) is 0 Å². The number of carbonyl (C=O) groups excluding carboxylic acids is 1. The lowest BCUT2D eigenvalue weighted by Gasteiger charge is -2.35. The van der Waals surface area contributed by atoms with Crippen molar-refractivity contribution in [3.05, 3.63) is 0 Å². The molecule has 4 nitrogen and oxygen atoms in total. The van der Waals surface area contributed by atoms with E-state index in [2.05, 4.69) is 17.6 Å². The van der Waals surface area contributed by atoms with Crippen LogP contribution in [-0.4, -0.2) is 25.5 Å². The van der Waals surface area contributed by atoms with Crippen LogP contribution in [0.2, 0.25) is 0 Å². The fraction of sp³-hybridized carbons (Fsp3) is 0.818. The Morgan fingerprint density at radius 2 is 2.20 bits per heavy atom. The summed E-state index contributed by atoms with van der Waals surface area (Å²) in [5, 5.41) is 14.5. The summed E-state index contributed by atoms with van der Waals surface area (Å²) in [6, 6.07) is 2.03. The molecule has 1 fully saturated rings. The first-order valence-corrected chi connectivity index (χ1v) is 5.61. The topological polar surface area (TPSA) is 64.9 Å². The molecule has 0 radical (unpaired) electrons. The lowest BCUT2D eigenvalue weighted by molar-refractivity contribution is -0.132. The monoisotopic (exact) mass is 209 g/mol. The quantitative estimate of drug-likeness (QED) is 0.673. The number of nitriles is 1. The van der Waals surface area contributed by atoms with Gasteiger partial charge in [0.2, 0.25) is 5.91 Å². The van der Waals surface area contributed by atoms with Gasteiger partial charge in [0.05, 0.1) is 17.9 Å². The van der Waals surface area contributed by atoms with Gasteiger partial charge in [0.1, 0.15) is 0 Å². The Kier molecular flexibility index (Phi) is 4.57. The predicted molar refractivity (Wildman–Crippen MR) is 58.1 cm³/mol. The van der Waals surface area contributed by atoms with E-state index in [0.717, 1.165) is 32.4 Å². The second kappa shape index (κ2) is 5.72. The third kappa shape index (κ3) is 2.93. The molecule has 1 amide bonds. The zero-order valence-electron chi connectivity index (χ0n) is 9.31. The van der Waals surface area contributed by atoms with Gasteiger partial charge in [-0.25, -0.2) is 0 Å². The molecule has 0 atom stereocenters. The largest absolute Gasteiger partial charge is 0.355 e. The molecule has 0 aromatic rings.